The minimum absolute atomic E-state index is 0.00162. The fraction of sp³-hybridized carbons (Fsp3) is 0.167. The molecule has 0 aliphatic carbocycles. The lowest BCUT2D eigenvalue weighted by molar-refractivity contribution is -0.144. The molecular weight excluding hydrogens is 356 g/mol. The number of nitrogens with zero attached hydrogens (tertiary/aromatic N) is 2. The fourth-order valence-corrected chi connectivity index (χ4v) is 1.86. The Bertz CT molecular complexity index is 660. The van der Waals surface area contributed by atoms with Gasteiger partial charge in [0.05, 0.1) is 5.69 Å². The molecule has 9 heteroatoms. The van der Waals surface area contributed by atoms with Crippen LogP contribution < -0.4 is 10.6 Å². The van der Waals surface area contributed by atoms with Gasteiger partial charge in [0, 0.05) is 17.6 Å². The Morgan fingerprint density at radius 3 is 2.38 bits per heavy atom. The van der Waals surface area contributed by atoms with Crippen molar-refractivity contribution in [2.75, 3.05) is 17.7 Å². The van der Waals surface area contributed by atoms with Crippen LogP contribution in [0.3, 0.4) is 0 Å². The number of anilines is 3. The van der Waals surface area contributed by atoms with E-state index in [1.54, 1.807) is 0 Å². The van der Waals surface area contributed by atoms with Crippen molar-refractivity contribution in [2.24, 2.45) is 0 Å². The first kappa shape index (κ1) is 15.5. The maximum atomic E-state index is 13.6. The highest BCUT2D eigenvalue weighted by Gasteiger charge is 2.35. The SMILES string of the molecule is CNc1cc(Nc2cc(Br)ccc2F)nc(C(F)(F)F)n1. The molecule has 0 aliphatic heterocycles. The molecule has 0 saturated carbocycles. The van der Waals surface area contributed by atoms with Crippen LogP contribution in [-0.4, -0.2) is 17.0 Å². The monoisotopic (exact) mass is 364 g/mol. The third-order valence-corrected chi connectivity index (χ3v) is 2.92. The molecule has 2 N–H and O–H groups in total. The lowest BCUT2D eigenvalue weighted by atomic mass is 10.3. The van der Waals surface area contributed by atoms with E-state index in [0.717, 1.165) is 0 Å². The minimum atomic E-state index is -4.70. The Hall–Kier alpha value is -1.90. The van der Waals surface area contributed by atoms with Gasteiger partial charge in [0.2, 0.25) is 5.82 Å². The van der Waals surface area contributed by atoms with Crippen LogP contribution in [0.4, 0.5) is 34.9 Å². The predicted molar refractivity (Wildman–Crippen MR) is 74.0 cm³/mol. The molecule has 1 aromatic carbocycles. The van der Waals surface area contributed by atoms with Crippen LogP contribution in [0.5, 0.6) is 0 Å². The summed E-state index contributed by atoms with van der Waals surface area (Å²) in [6.45, 7) is 0. The molecule has 0 fully saturated rings. The molecule has 0 spiro atoms. The zero-order valence-corrected chi connectivity index (χ0v) is 12.2. The Morgan fingerprint density at radius 2 is 1.76 bits per heavy atom. The second-order valence-electron chi connectivity index (χ2n) is 3.96. The van der Waals surface area contributed by atoms with E-state index in [1.165, 1.54) is 31.3 Å². The Labute approximate surface area is 125 Å². The van der Waals surface area contributed by atoms with Gasteiger partial charge in [-0.2, -0.15) is 13.2 Å². The largest absolute Gasteiger partial charge is 0.451 e. The van der Waals surface area contributed by atoms with E-state index in [2.05, 4.69) is 36.5 Å². The van der Waals surface area contributed by atoms with Crippen molar-refractivity contribution in [3.05, 3.63) is 40.4 Å². The molecule has 0 unspecified atom stereocenters. The summed E-state index contributed by atoms with van der Waals surface area (Å²) < 4.78 is 52.3. The summed E-state index contributed by atoms with van der Waals surface area (Å²) >= 11 is 3.15. The summed E-state index contributed by atoms with van der Waals surface area (Å²) in [6.07, 6.45) is -4.70. The molecule has 0 amide bonds. The van der Waals surface area contributed by atoms with Crippen LogP contribution in [0.25, 0.3) is 0 Å². The molecule has 2 rings (SSSR count). The fourth-order valence-electron chi connectivity index (χ4n) is 1.50. The average molecular weight is 365 g/mol. The number of halogens is 5. The van der Waals surface area contributed by atoms with Gasteiger partial charge in [-0.1, -0.05) is 15.9 Å². The molecule has 1 heterocycles. The van der Waals surface area contributed by atoms with Crippen LogP contribution in [0.1, 0.15) is 5.82 Å². The predicted octanol–water partition coefficient (Wildman–Crippen LogP) is 4.18. The van der Waals surface area contributed by atoms with Gasteiger partial charge in [0.15, 0.2) is 0 Å². The van der Waals surface area contributed by atoms with E-state index in [-0.39, 0.29) is 17.3 Å². The van der Waals surface area contributed by atoms with Crippen LogP contribution in [0, 0.1) is 5.82 Å². The average Bonchev–Trinajstić information content (AvgIpc) is 2.41. The Morgan fingerprint density at radius 1 is 1.10 bits per heavy atom. The summed E-state index contributed by atoms with van der Waals surface area (Å²) in [5.41, 5.74) is -0.00162. The van der Waals surface area contributed by atoms with Crippen molar-refractivity contribution in [2.45, 2.75) is 6.18 Å². The summed E-state index contributed by atoms with van der Waals surface area (Å²) in [6, 6.07) is 5.29. The molecule has 0 atom stereocenters. The Kier molecular flexibility index (Phi) is 4.31. The van der Waals surface area contributed by atoms with Crippen LogP contribution in [0.2, 0.25) is 0 Å². The quantitative estimate of drug-likeness (QED) is 0.802. The summed E-state index contributed by atoms with van der Waals surface area (Å²) in [5.74, 6) is -2.13. The molecule has 21 heavy (non-hydrogen) atoms. The number of rotatable bonds is 3. The minimum Gasteiger partial charge on any atom is -0.373 e. The standard InChI is InChI=1S/C12H9BrF4N4/c1-18-9-5-10(21-11(20-9)12(15,16)17)19-8-4-6(13)2-3-7(8)14/h2-5H,1H3,(H2,18,19,20,21). The molecule has 2 aromatic rings. The topological polar surface area (TPSA) is 49.8 Å². The molecule has 1 aromatic heterocycles. The normalized spacial score (nSPS) is 11.3. The maximum absolute atomic E-state index is 13.6. The molecule has 0 bridgehead atoms. The zero-order valence-electron chi connectivity index (χ0n) is 10.6. The third kappa shape index (κ3) is 3.81. The van der Waals surface area contributed by atoms with E-state index < -0.39 is 17.8 Å². The first-order valence-electron chi connectivity index (χ1n) is 5.65. The highest BCUT2D eigenvalue weighted by atomic mass is 79.9. The first-order valence-corrected chi connectivity index (χ1v) is 6.45. The number of benzene rings is 1. The second kappa shape index (κ2) is 5.84. The van der Waals surface area contributed by atoms with Crippen molar-refractivity contribution in [3.63, 3.8) is 0 Å². The van der Waals surface area contributed by atoms with Crippen molar-refractivity contribution in [3.8, 4) is 0 Å². The van der Waals surface area contributed by atoms with Gasteiger partial charge in [-0.25, -0.2) is 14.4 Å². The van der Waals surface area contributed by atoms with Gasteiger partial charge in [0.25, 0.3) is 0 Å². The summed E-state index contributed by atoms with van der Waals surface area (Å²) in [5, 5.41) is 5.00. The van der Waals surface area contributed by atoms with Crippen LogP contribution in [0.15, 0.2) is 28.7 Å². The summed E-state index contributed by atoms with van der Waals surface area (Å²) in [4.78, 5) is 6.66. The maximum Gasteiger partial charge on any atom is 0.451 e. The van der Waals surface area contributed by atoms with Crippen LogP contribution >= 0.6 is 15.9 Å². The molecule has 4 nitrogen and oxygen atoms in total. The van der Waals surface area contributed by atoms with Gasteiger partial charge in [-0.15, -0.1) is 0 Å². The third-order valence-electron chi connectivity index (χ3n) is 2.43. The Balaban J connectivity index is 2.42. The van der Waals surface area contributed by atoms with Crippen molar-refractivity contribution in [1.29, 1.82) is 0 Å². The molecule has 0 aliphatic rings. The van der Waals surface area contributed by atoms with Gasteiger partial charge >= 0.3 is 6.18 Å². The van der Waals surface area contributed by atoms with Crippen molar-refractivity contribution < 1.29 is 17.6 Å². The lowest BCUT2D eigenvalue weighted by Gasteiger charge is -2.12. The smallest absolute Gasteiger partial charge is 0.373 e. The molecule has 112 valence electrons. The van der Waals surface area contributed by atoms with E-state index in [9.17, 15) is 17.6 Å². The van der Waals surface area contributed by atoms with Gasteiger partial charge in [-0.3, -0.25) is 0 Å². The number of alkyl halides is 3. The van der Waals surface area contributed by atoms with E-state index in [0.29, 0.717) is 4.47 Å². The summed E-state index contributed by atoms with van der Waals surface area (Å²) in [7, 11) is 1.42. The van der Waals surface area contributed by atoms with Crippen LogP contribution in [-0.2, 0) is 6.18 Å². The number of nitrogens with one attached hydrogen (secondary N) is 2. The molecule has 0 radical (unpaired) electrons. The number of hydrogen-bond donors (Lipinski definition) is 2. The van der Waals surface area contributed by atoms with E-state index >= 15 is 0 Å². The van der Waals surface area contributed by atoms with Gasteiger partial charge < -0.3 is 10.6 Å². The highest BCUT2D eigenvalue weighted by Crippen LogP contribution is 2.30. The van der Waals surface area contributed by atoms with E-state index in [4.69, 9.17) is 0 Å². The van der Waals surface area contributed by atoms with E-state index in [1.807, 2.05) is 0 Å². The molecule has 0 saturated heterocycles. The van der Waals surface area contributed by atoms with Crippen molar-refractivity contribution in [1.82, 2.24) is 9.97 Å². The van der Waals surface area contributed by atoms with Gasteiger partial charge in [0.1, 0.15) is 17.5 Å². The number of aromatic nitrogens is 2. The van der Waals surface area contributed by atoms with Crippen molar-refractivity contribution >= 4 is 33.3 Å². The highest BCUT2D eigenvalue weighted by molar-refractivity contribution is 9.10. The second-order valence-corrected chi connectivity index (χ2v) is 4.87. The number of hydrogen-bond acceptors (Lipinski definition) is 4. The zero-order chi connectivity index (χ0) is 15.6. The van der Waals surface area contributed by atoms with Gasteiger partial charge in [-0.05, 0) is 18.2 Å². The first-order chi connectivity index (χ1) is 9.79. The molecular formula is C12H9BrF4N4. The lowest BCUT2D eigenvalue weighted by Crippen LogP contribution is -2.13.